The lowest BCUT2D eigenvalue weighted by atomic mass is 9.98. The van der Waals surface area contributed by atoms with Gasteiger partial charge in [-0.2, -0.15) is 5.10 Å². The molecule has 0 unspecified atom stereocenters. The van der Waals surface area contributed by atoms with E-state index in [-0.39, 0.29) is 18.0 Å². The van der Waals surface area contributed by atoms with Crippen LogP contribution in [0.3, 0.4) is 0 Å². The van der Waals surface area contributed by atoms with Crippen molar-refractivity contribution >= 4 is 16.9 Å². The van der Waals surface area contributed by atoms with Crippen LogP contribution < -0.4 is 0 Å². The molecule has 6 heteroatoms. The Labute approximate surface area is 184 Å². The van der Waals surface area contributed by atoms with E-state index in [0.717, 1.165) is 36.4 Å². The van der Waals surface area contributed by atoms with Crippen LogP contribution in [0, 0.1) is 13.8 Å². The van der Waals surface area contributed by atoms with Crippen molar-refractivity contribution in [2.24, 2.45) is 0 Å². The maximum absolute atomic E-state index is 13.3. The first kappa shape index (κ1) is 21.5. The van der Waals surface area contributed by atoms with Crippen LogP contribution in [0.15, 0.2) is 36.5 Å². The van der Waals surface area contributed by atoms with Crippen LogP contribution in [0.4, 0.5) is 0 Å². The number of hydrogen-bond donors (Lipinski definition) is 0. The molecule has 0 N–H and O–H groups in total. The van der Waals surface area contributed by atoms with Crippen molar-refractivity contribution in [3.8, 4) is 0 Å². The van der Waals surface area contributed by atoms with Gasteiger partial charge >= 0.3 is 0 Å². The smallest absolute Gasteiger partial charge is 0.223 e. The Bertz CT molecular complexity index is 1070. The summed E-state index contributed by atoms with van der Waals surface area (Å²) < 4.78 is 1.97. The maximum Gasteiger partial charge on any atom is 0.223 e. The number of fused-ring (bicyclic) bond motifs is 1. The number of carbonyl (C=O) groups is 1. The molecule has 3 aromatic rings. The van der Waals surface area contributed by atoms with E-state index >= 15 is 0 Å². The van der Waals surface area contributed by atoms with Gasteiger partial charge in [0.2, 0.25) is 5.91 Å². The SMILES string of the molecule is Cc1nc2c(cnn2C(C)C)c(C)c1CCC(=O)N1CCN(C)C[C@@H]1c1ccccc1. The third kappa shape index (κ3) is 4.22. The summed E-state index contributed by atoms with van der Waals surface area (Å²) in [5, 5.41) is 5.62. The molecule has 1 amide bonds. The lowest BCUT2D eigenvalue weighted by Gasteiger charge is -2.40. The predicted molar refractivity (Wildman–Crippen MR) is 124 cm³/mol. The number of amides is 1. The highest BCUT2D eigenvalue weighted by atomic mass is 16.2. The minimum Gasteiger partial charge on any atom is -0.333 e. The lowest BCUT2D eigenvalue weighted by Crippen LogP contribution is -2.49. The van der Waals surface area contributed by atoms with E-state index in [9.17, 15) is 4.79 Å². The van der Waals surface area contributed by atoms with Crippen LogP contribution in [0.2, 0.25) is 0 Å². The zero-order chi connectivity index (χ0) is 22.1. The Hall–Kier alpha value is -2.73. The van der Waals surface area contributed by atoms with Crippen LogP contribution in [0.1, 0.15) is 54.7 Å². The number of aromatic nitrogens is 3. The summed E-state index contributed by atoms with van der Waals surface area (Å²) in [5.74, 6) is 0.221. The fraction of sp³-hybridized carbons (Fsp3) is 0.480. The molecule has 0 saturated carbocycles. The van der Waals surface area contributed by atoms with Crippen LogP contribution in [-0.4, -0.2) is 57.2 Å². The first-order valence-electron chi connectivity index (χ1n) is 11.2. The molecule has 0 bridgehead atoms. The minimum atomic E-state index is 0.111. The van der Waals surface area contributed by atoms with Gasteiger partial charge in [0, 0.05) is 43.2 Å². The van der Waals surface area contributed by atoms with Gasteiger partial charge in [-0.15, -0.1) is 0 Å². The average Bonchev–Trinajstić information content (AvgIpc) is 3.18. The molecule has 3 heterocycles. The van der Waals surface area contributed by atoms with Crippen LogP contribution in [0.25, 0.3) is 11.0 Å². The quantitative estimate of drug-likeness (QED) is 0.625. The van der Waals surface area contributed by atoms with Gasteiger partial charge in [-0.25, -0.2) is 9.67 Å². The Balaban J connectivity index is 1.54. The molecule has 0 aliphatic carbocycles. The van der Waals surface area contributed by atoms with Crippen LogP contribution >= 0.6 is 0 Å². The van der Waals surface area contributed by atoms with Gasteiger partial charge in [-0.3, -0.25) is 4.79 Å². The monoisotopic (exact) mass is 419 g/mol. The molecule has 164 valence electrons. The number of hydrogen-bond acceptors (Lipinski definition) is 4. The zero-order valence-electron chi connectivity index (χ0n) is 19.3. The number of carbonyl (C=O) groups excluding carboxylic acids is 1. The van der Waals surface area contributed by atoms with Crippen LogP contribution in [-0.2, 0) is 11.2 Å². The second-order valence-electron chi connectivity index (χ2n) is 9.00. The van der Waals surface area contributed by atoms with Gasteiger partial charge in [0.25, 0.3) is 0 Å². The Kier molecular flexibility index (Phi) is 6.10. The highest BCUT2D eigenvalue weighted by Crippen LogP contribution is 2.28. The molecule has 31 heavy (non-hydrogen) atoms. The van der Waals surface area contributed by atoms with E-state index in [1.807, 2.05) is 23.9 Å². The van der Waals surface area contributed by atoms with Gasteiger partial charge in [0.05, 0.1) is 12.2 Å². The molecule has 1 aliphatic rings. The topological polar surface area (TPSA) is 54.3 Å². The Morgan fingerprint density at radius 1 is 1.16 bits per heavy atom. The van der Waals surface area contributed by atoms with E-state index in [2.05, 4.69) is 67.0 Å². The number of likely N-dealkylation sites (N-methyl/N-ethyl adjacent to an activating group) is 1. The first-order valence-corrected chi connectivity index (χ1v) is 11.2. The third-order valence-corrected chi connectivity index (χ3v) is 6.50. The summed E-state index contributed by atoms with van der Waals surface area (Å²) in [5.41, 5.74) is 5.51. The lowest BCUT2D eigenvalue weighted by molar-refractivity contribution is -0.136. The van der Waals surface area contributed by atoms with Gasteiger partial charge in [0.1, 0.15) is 0 Å². The van der Waals surface area contributed by atoms with E-state index in [4.69, 9.17) is 4.98 Å². The van der Waals surface area contributed by atoms with Gasteiger partial charge in [-0.05, 0) is 57.9 Å². The summed E-state index contributed by atoms with van der Waals surface area (Å²) >= 11 is 0. The summed E-state index contributed by atoms with van der Waals surface area (Å²) in [7, 11) is 2.13. The third-order valence-electron chi connectivity index (χ3n) is 6.50. The molecule has 0 spiro atoms. The van der Waals surface area contributed by atoms with E-state index in [0.29, 0.717) is 12.8 Å². The molecule has 1 saturated heterocycles. The van der Waals surface area contributed by atoms with E-state index < -0.39 is 0 Å². The van der Waals surface area contributed by atoms with Crippen molar-refractivity contribution in [1.29, 1.82) is 0 Å². The average molecular weight is 420 g/mol. The number of pyridine rings is 1. The zero-order valence-corrected chi connectivity index (χ0v) is 19.3. The second-order valence-corrected chi connectivity index (χ2v) is 9.00. The maximum atomic E-state index is 13.3. The van der Waals surface area contributed by atoms with Crippen molar-refractivity contribution in [1.82, 2.24) is 24.6 Å². The van der Waals surface area contributed by atoms with E-state index in [1.165, 1.54) is 16.7 Å². The van der Waals surface area contributed by atoms with Gasteiger partial charge in [-0.1, -0.05) is 30.3 Å². The molecule has 1 atom stereocenters. The Morgan fingerprint density at radius 3 is 2.61 bits per heavy atom. The van der Waals surface area contributed by atoms with Gasteiger partial charge in [0.15, 0.2) is 5.65 Å². The summed E-state index contributed by atoms with van der Waals surface area (Å²) in [4.78, 5) is 22.5. The molecule has 6 nitrogen and oxygen atoms in total. The summed E-state index contributed by atoms with van der Waals surface area (Å²) in [6.45, 7) is 11.0. The Morgan fingerprint density at radius 2 is 1.90 bits per heavy atom. The normalized spacial score (nSPS) is 17.6. The summed E-state index contributed by atoms with van der Waals surface area (Å²) in [6, 6.07) is 10.8. The number of nitrogens with zero attached hydrogens (tertiary/aromatic N) is 5. The highest BCUT2D eigenvalue weighted by molar-refractivity contribution is 5.81. The molecule has 1 fully saturated rings. The van der Waals surface area contributed by atoms with Crippen molar-refractivity contribution in [2.75, 3.05) is 26.7 Å². The molecular formula is C25H33N5O. The standard InChI is InChI=1S/C25H33N5O/c1-17(2)30-25-22(15-26-30)18(3)21(19(4)27-25)11-12-24(31)29-14-13-28(5)16-23(29)20-9-7-6-8-10-20/h6-10,15,17,23H,11-14,16H2,1-5H3/t23-/m1/s1. The number of benzene rings is 1. The number of aryl methyl sites for hydroxylation is 2. The van der Waals surface area contributed by atoms with Crippen LogP contribution in [0.5, 0.6) is 0 Å². The van der Waals surface area contributed by atoms with Crippen molar-refractivity contribution in [2.45, 2.75) is 52.6 Å². The van der Waals surface area contributed by atoms with Gasteiger partial charge < -0.3 is 9.80 Å². The summed E-state index contributed by atoms with van der Waals surface area (Å²) in [6.07, 6.45) is 3.12. The molecular weight excluding hydrogens is 386 g/mol. The first-order chi connectivity index (χ1) is 14.9. The molecule has 4 rings (SSSR count). The minimum absolute atomic E-state index is 0.111. The fourth-order valence-electron chi connectivity index (χ4n) is 4.69. The second kappa shape index (κ2) is 8.79. The predicted octanol–water partition coefficient (Wildman–Crippen LogP) is 4.08. The number of rotatable bonds is 5. The number of piperazine rings is 1. The van der Waals surface area contributed by atoms with Crippen molar-refractivity contribution in [3.05, 3.63) is 58.9 Å². The largest absolute Gasteiger partial charge is 0.333 e. The van der Waals surface area contributed by atoms with Crippen molar-refractivity contribution in [3.63, 3.8) is 0 Å². The van der Waals surface area contributed by atoms with E-state index in [1.54, 1.807) is 0 Å². The highest BCUT2D eigenvalue weighted by Gasteiger charge is 2.30. The molecule has 1 aromatic carbocycles. The molecule has 2 aromatic heterocycles. The van der Waals surface area contributed by atoms with Crippen molar-refractivity contribution < 1.29 is 4.79 Å². The molecule has 1 aliphatic heterocycles. The molecule has 0 radical (unpaired) electrons. The fourth-order valence-corrected chi connectivity index (χ4v) is 4.69.